The Morgan fingerprint density at radius 1 is 1.06 bits per heavy atom. The highest BCUT2D eigenvalue weighted by atomic mass is 16.5. The summed E-state index contributed by atoms with van der Waals surface area (Å²) >= 11 is 0. The van der Waals surface area contributed by atoms with Crippen molar-refractivity contribution in [1.29, 1.82) is 0 Å². The van der Waals surface area contributed by atoms with Crippen LogP contribution in [0.1, 0.15) is 34.5 Å². The van der Waals surface area contributed by atoms with Crippen LogP contribution in [0.4, 0.5) is 5.69 Å². The molecule has 0 N–H and O–H groups in total. The van der Waals surface area contributed by atoms with Gasteiger partial charge in [0, 0.05) is 31.5 Å². The molecule has 4 heterocycles. The third-order valence-corrected chi connectivity index (χ3v) is 6.68. The number of nitrogens with zero attached hydrogens (tertiary/aromatic N) is 2. The molecule has 0 saturated carbocycles. The molecule has 2 amide bonds. The number of anilines is 1. The van der Waals surface area contributed by atoms with E-state index >= 15 is 0 Å². The van der Waals surface area contributed by atoms with Crippen molar-refractivity contribution in [2.45, 2.75) is 24.5 Å². The summed E-state index contributed by atoms with van der Waals surface area (Å²) in [6.07, 6.45) is 1.51. The van der Waals surface area contributed by atoms with Crippen molar-refractivity contribution in [1.82, 2.24) is 4.90 Å². The lowest BCUT2D eigenvalue weighted by Gasteiger charge is -2.35. The molecule has 1 spiro atoms. The molecule has 1 fully saturated rings. The van der Waals surface area contributed by atoms with Gasteiger partial charge in [0.25, 0.3) is 11.8 Å². The summed E-state index contributed by atoms with van der Waals surface area (Å²) in [4.78, 5) is 44.3. The monoisotopic (exact) mass is 416 g/mol. The van der Waals surface area contributed by atoms with Crippen molar-refractivity contribution in [2.24, 2.45) is 0 Å². The first kappa shape index (κ1) is 18.3. The summed E-state index contributed by atoms with van der Waals surface area (Å²) in [5, 5.41) is 0.354. The van der Waals surface area contributed by atoms with E-state index in [1.807, 2.05) is 24.3 Å². The minimum atomic E-state index is -1.55. The van der Waals surface area contributed by atoms with Gasteiger partial charge in [0.15, 0.2) is 11.0 Å². The number of carbonyl (C=O) groups is 2. The lowest BCUT2D eigenvalue weighted by molar-refractivity contribution is -0.126. The van der Waals surface area contributed by atoms with E-state index in [1.165, 1.54) is 9.80 Å². The first-order valence-electron chi connectivity index (χ1n) is 10.4. The number of ether oxygens (including phenoxy) is 1. The van der Waals surface area contributed by atoms with Crippen molar-refractivity contribution in [3.8, 4) is 0 Å². The highest BCUT2D eigenvalue weighted by Gasteiger charge is 2.64. The van der Waals surface area contributed by atoms with Crippen LogP contribution >= 0.6 is 0 Å². The molecule has 7 heteroatoms. The Balaban J connectivity index is 1.70. The molecule has 3 aliphatic rings. The van der Waals surface area contributed by atoms with E-state index in [1.54, 1.807) is 31.3 Å². The first-order valence-corrected chi connectivity index (χ1v) is 10.4. The van der Waals surface area contributed by atoms with Crippen molar-refractivity contribution >= 4 is 28.5 Å². The average Bonchev–Trinajstić information content (AvgIpc) is 3.45. The number of hydrogen-bond acceptors (Lipinski definition) is 5. The minimum absolute atomic E-state index is 0.0554. The molecule has 0 aliphatic carbocycles. The van der Waals surface area contributed by atoms with E-state index in [2.05, 4.69) is 0 Å². The van der Waals surface area contributed by atoms with Crippen molar-refractivity contribution in [2.75, 3.05) is 25.1 Å². The number of para-hydroxylation sites is 2. The zero-order chi connectivity index (χ0) is 21.3. The molecule has 7 nitrogen and oxygen atoms in total. The molecule has 2 aromatic carbocycles. The van der Waals surface area contributed by atoms with Crippen molar-refractivity contribution in [3.05, 3.63) is 75.6 Å². The molecular formula is C24H20N2O5. The van der Waals surface area contributed by atoms with Gasteiger partial charge >= 0.3 is 0 Å². The number of benzene rings is 2. The second kappa shape index (κ2) is 6.28. The number of hydrogen-bond donors (Lipinski definition) is 0. The molecule has 3 aromatic rings. The lowest BCUT2D eigenvalue weighted by atomic mass is 9.83. The van der Waals surface area contributed by atoms with Crippen LogP contribution in [0.15, 0.2) is 57.7 Å². The predicted molar refractivity (Wildman–Crippen MR) is 113 cm³/mol. The van der Waals surface area contributed by atoms with Crippen LogP contribution in [0.2, 0.25) is 0 Å². The van der Waals surface area contributed by atoms with Gasteiger partial charge in [0.05, 0.1) is 17.1 Å². The van der Waals surface area contributed by atoms with Crippen LogP contribution in [0, 0.1) is 0 Å². The Morgan fingerprint density at radius 3 is 2.65 bits per heavy atom. The van der Waals surface area contributed by atoms with E-state index in [0.29, 0.717) is 28.8 Å². The zero-order valence-electron chi connectivity index (χ0n) is 17.0. The van der Waals surface area contributed by atoms with Crippen molar-refractivity contribution in [3.63, 3.8) is 0 Å². The van der Waals surface area contributed by atoms with Gasteiger partial charge < -0.3 is 19.0 Å². The number of likely N-dealkylation sites (N-methyl/N-ethyl adjacent to an activating group) is 1. The van der Waals surface area contributed by atoms with E-state index in [0.717, 1.165) is 12.8 Å². The predicted octanol–water partition coefficient (Wildman–Crippen LogP) is 2.65. The lowest BCUT2D eigenvalue weighted by Crippen LogP contribution is -2.54. The van der Waals surface area contributed by atoms with Crippen LogP contribution in [0.5, 0.6) is 0 Å². The number of fused-ring (bicyclic) bond motifs is 5. The van der Waals surface area contributed by atoms with Crippen LogP contribution in [0.3, 0.4) is 0 Å². The van der Waals surface area contributed by atoms with Gasteiger partial charge in [0.1, 0.15) is 5.58 Å². The largest absolute Gasteiger partial charge is 0.450 e. The molecule has 2 atom stereocenters. The quantitative estimate of drug-likeness (QED) is 0.642. The molecule has 31 heavy (non-hydrogen) atoms. The van der Waals surface area contributed by atoms with E-state index in [9.17, 15) is 14.4 Å². The van der Waals surface area contributed by atoms with Crippen LogP contribution < -0.4 is 10.3 Å². The fourth-order valence-electron chi connectivity index (χ4n) is 5.28. The van der Waals surface area contributed by atoms with Crippen molar-refractivity contribution < 1.29 is 18.7 Å². The SMILES string of the molecule is CN1C(=O)C2(c3ccccc31)c1c(oc3ccccc3c1=O)C(=O)N2CC1CCCO1. The Kier molecular flexibility index (Phi) is 3.71. The Bertz CT molecular complexity index is 1320. The van der Waals surface area contributed by atoms with E-state index in [4.69, 9.17) is 9.15 Å². The van der Waals surface area contributed by atoms with Gasteiger partial charge in [-0.15, -0.1) is 0 Å². The molecule has 0 radical (unpaired) electrons. The van der Waals surface area contributed by atoms with Crippen LogP contribution in [-0.2, 0) is 15.1 Å². The third kappa shape index (κ3) is 2.19. The number of carbonyl (C=O) groups excluding carboxylic acids is 2. The highest BCUT2D eigenvalue weighted by molar-refractivity contribution is 6.16. The summed E-state index contributed by atoms with van der Waals surface area (Å²) < 4.78 is 11.8. The second-order valence-corrected chi connectivity index (χ2v) is 8.27. The molecule has 156 valence electrons. The summed E-state index contributed by atoms with van der Waals surface area (Å²) in [5.41, 5.74) is -0.155. The fourth-order valence-corrected chi connectivity index (χ4v) is 5.28. The Labute approximate surface area is 177 Å². The van der Waals surface area contributed by atoms with E-state index in [-0.39, 0.29) is 35.3 Å². The third-order valence-electron chi connectivity index (χ3n) is 6.68. The van der Waals surface area contributed by atoms with Crippen LogP contribution in [-0.4, -0.2) is 43.0 Å². The van der Waals surface area contributed by atoms with Crippen LogP contribution in [0.25, 0.3) is 11.0 Å². The normalized spacial score (nSPS) is 24.5. The maximum absolute atomic E-state index is 13.9. The average molecular weight is 416 g/mol. The van der Waals surface area contributed by atoms with Gasteiger partial charge in [-0.25, -0.2) is 0 Å². The van der Waals surface area contributed by atoms with Gasteiger partial charge in [0.2, 0.25) is 5.76 Å². The minimum Gasteiger partial charge on any atom is -0.450 e. The molecule has 3 aliphatic heterocycles. The van der Waals surface area contributed by atoms with Gasteiger partial charge in [-0.1, -0.05) is 30.3 Å². The van der Waals surface area contributed by atoms with Gasteiger partial charge in [-0.05, 0) is 31.0 Å². The maximum atomic E-state index is 13.9. The standard InChI is InChI=1S/C24H20N2O5/c1-25-17-10-4-3-9-16(17)24(23(25)29)19-20(27)15-8-2-5-11-18(15)31-21(19)22(28)26(24)13-14-7-6-12-30-14/h2-5,8-11,14H,6-7,12-13H2,1H3. The molecule has 1 saturated heterocycles. The maximum Gasteiger partial charge on any atom is 0.291 e. The molecule has 2 unspecified atom stereocenters. The Morgan fingerprint density at radius 2 is 1.84 bits per heavy atom. The molecule has 6 rings (SSSR count). The zero-order valence-corrected chi connectivity index (χ0v) is 17.0. The smallest absolute Gasteiger partial charge is 0.291 e. The highest BCUT2D eigenvalue weighted by Crippen LogP contribution is 2.52. The van der Waals surface area contributed by atoms with Gasteiger partial charge in [-0.3, -0.25) is 14.4 Å². The molecular weight excluding hydrogens is 396 g/mol. The summed E-state index contributed by atoms with van der Waals surface area (Å²) in [6.45, 7) is 0.838. The van der Waals surface area contributed by atoms with Gasteiger partial charge in [-0.2, -0.15) is 0 Å². The fraction of sp³-hybridized carbons (Fsp3) is 0.292. The number of amides is 2. The topological polar surface area (TPSA) is 80.1 Å². The summed E-state index contributed by atoms with van der Waals surface area (Å²) in [7, 11) is 1.67. The Hall–Kier alpha value is -3.45. The molecule has 1 aromatic heterocycles. The first-order chi connectivity index (χ1) is 15.0. The molecule has 0 bridgehead atoms. The summed E-state index contributed by atoms with van der Waals surface area (Å²) in [6, 6.07) is 14.1. The number of rotatable bonds is 2. The second-order valence-electron chi connectivity index (χ2n) is 8.27. The summed E-state index contributed by atoms with van der Waals surface area (Å²) in [5.74, 6) is -0.840. The van der Waals surface area contributed by atoms with E-state index < -0.39 is 11.4 Å².